The van der Waals surface area contributed by atoms with Crippen LogP contribution in [0.4, 0.5) is 5.69 Å². The SMILES string of the molecule is COc1ccc(S(=O)(=O)NC[C@@H](c2ccc3c(c2)CCCN3C)N2CCN(C)CC2)cc1. The fourth-order valence-electron chi connectivity index (χ4n) is 4.63. The average molecular weight is 459 g/mol. The van der Waals surface area contributed by atoms with Crippen molar-refractivity contribution >= 4 is 15.7 Å². The smallest absolute Gasteiger partial charge is 0.240 e. The minimum absolute atomic E-state index is 0.00532. The number of likely N-dealkylation sites (N-methyl/N-ethyl adjacent to an activating group) is 1. The zero-order valence-electron chi connectivity index (χ0n) is 19.3. The highest BCUT2D eigenvalue weighted by Crippen LogP contribution is 2.31. The molecule has 7 nitrogen and oxygen atoms in total. The van der Waals surface area contributed by atoms with Crippen LogP contribution in [0, 0.1) is 0 Å². The van der Waals surface area contributed by atoms with Crippen LogP contribution < -0.4 is 14.4 Å². The van der Waals surface area contributed by atoms with Gasteiger partial charge in [-0.05, 0) is 61.3 Å². The minimum Gasteiger partial charge on any atom is -0.497 e. The number of nitrogens with one attached hydrogen (secondary N) is 1. The number of anilines is 1. The lowest BCUT2D eigenvalue weighted by atomic mass is 9.95. The summed E-state index contributed by atoms with van der Waals surface area (Å²) >= 11 is 0. The second-order valence-electron chi connectivity index (χ2n) is 8.80. The molecule has 0 saturated carbocycles. The molecule has 8 heteroatoms. The predicted molar refractivity (Wildman–Crippen MR) is 128 cm³/mol. The van der Waals surface area contributed by atoms with E-state index in [9.17, 15) is 8.42 Å². The lowest BCUT2D eigenvalue weighted by Crippen LogP contribution is -2.48. The van der Waals surface area contributed by atoms with Gasteiger partial charge in [-0.2, -0.15) is 0 Å². The summed E-state index contributed by atoms with van der Waals surface area (Å²) in [5.74, 6) is 0.637. The van der Waals surface area contributed by atoms with Crippen molar-refractivity contribution in [1.29, 1.82) is 0 Å². The topological polar surface area (TPSA) is 65.1 Å². The maximum atomic E-state index is 13.0. The summed E-state index contributed by atoms with van der Waals surface area (Å²) in [6.45, 7) is 5.22. The van der Waals surface area contributed by atoms with Crippen molar-refractivity contribution in [3.05, 3.63) is 53.6 Å². The number of ether oxygens (including phenoxy) is 1. The summed E-state index contributed by atoms with van der Waals surface area (Å²) in [5.41, 5.74) is 3.82. The van der Waals surface area contributed by atoms with E-state index in [0.29, 0.717) is 12.3 Å². The molecule has 1 atom stereocenters. The first-order valence-corrected chi connectivity index (χ1v) is 12.8. The fourth-order valence-corrected chi connectivity index (χ4v) is 5.67. The second-order valence-corrected chi connectivity index (χ2v) is 10.6. The first-order valence-electron chi connectivity index (χ1n) is 11.3. The highest BCUT2D eigenvalue weighted by Gasteiger charge is 2.27. The molecule has 174 valence electrons. The Morgan fingerprint density at radius 2 is 1.72 bits per heavy atom. The van der Waals surface area contributed by atoms with Gasteiger partial charge >= 0.3 is 0 Å². The van der Waals surface area contributed by atoms with E-state index in [1.165, 1.54) is 16.8 Å². The zero-order valence-corrected chi connectivity index (χ0v) is 20.1. The van der Waals surface area contributed by atoms with Crippen LogP contribution in [0.3, 0.4) is 0 Å². The maximum Gasteiger partial charge on any atom is 0.240 e. The molecule has 32 heavy (non-hydrogen) atoms. The number of piperazine rings is 1. The number of aryl methyl sites for hydroxylation is 1. The molecule has 0 radical (unpaired) electrons. The van der Waals surface area contributed by atoms with Crippen molar-refractivity contribution in [3.63, 3.8) is 0 Å². The third-order valence-corrected chi connectivity index (χ3v) is 8.09. The fraction of sp³-hybridized carbons (Fsp3) is 0.500. The monoisotopic (exact) mass is 458 g/mol. The standard InChI is InChI=1S/C24H34N4O3S/c1-26-13-15-28(16-14-26)24(20-6-11-23-19(17-20)5-4-12-27(23)2)18-25-32(29,30)22-9-7-21(31-3)8-10-22/h6-11,17,24-25H,4-5,12-16,18H2,1-3H3/t24-/m0/s1. The van der Waals surface area contributed by atoms with Crippen LogP contribution in [0.5, 0.6) is 5.75 Å². The van der Waals surface area contributed by atoms with Gasteiger partial charge in [0.2, 0.25) is 10.0 Å². The van der Waals surface area contributed by atoms with E-state index in [0.717, 1.165) is 45.6 Å². The molecule has 0 aliphatic carbocycles. The molecule has 1 N–H and O–H groups in total. The van der Waals surface area contributed by atoms with Crippen LogP contribution in [-0.2, 0) is 16.4 Å². The van der Waals surface area contributed by atoms with Gasteiger partial charge in [-0.25, -0.2) is 13.1 Å². The first kappa shape index (κ1) is 23.0. The summed E-state index contributed by atoms with van der Waals surface area (Å²) in [5, 5.41) is 0. The molecule has 2 aliphatic rings. The highest BCUT2D eigenvalue weighted by molar-refractivity contribution is 7.89. The minimum atomic E-state index is -3.61. The number of rotatable bonds is 7. The summed E-state index contributed by atoms with van der Waals surface area (Å²) in [6.07, 6.45) is 2.22. The van der Waals surface area contributed by atoms with Gasteiger partial charge < -0.3 is 14.5 Å². The van der Waals surface area contributed by atoms with Gasteiger partial charge in [0.15, 0.2) is 0 Å². The van der Waals surface area contributed by atoms with Crippen molar-refractivity contribution in [2.45, 2.75) is 23.8 Å². The number of hydrogen-bond acceptors (Lipinski definition) is 6. The molecule has 1 saturated heterocycles. The summed E-state index contributed by atoms with van der Waals surface area (Å²) < 4.78 is 34.0. The Hall–Kier alpha value is -2.13. The second kappa shape index (κ2) is 9.79. The maximum absolute atomic E-state index is 13.0. The van der Waals surface area contributed by atoms with Crippen molar-refractivity contribution < 1.29 is 13.2 Å². The van der Waals surface area contributed by atoms with Gasteiger partial charge in [0.25, 0.3) is 0 Å². The molecule has 0 spiro atoms. The number of nitrogens with zero attached hydrogens (tertiary/aromatic N) is 3. The van der Waals surface area contributed by atoms with Gasteiger partial charge in [0.1, 0.15) is 5.75 Å². The van der Waals surface area contributed by atoms with E-state index >= 15 is 0 Å². The van der Waals surface area contributed by atoms with Crippen LogP contribution in [0.2, 0.25) is 0 Å². The summed E-state index contributed by atoms with van der Waals surface area (Å²) in [7, 11) is 2.22. The molecule has 0 amide bonds. The van der Waals surface area contributed by atoms with Crippen molar-refractivity contribution in [1.82, 2.24) is 14.5 Å². The molecule has 2 aliphatic heterocycles. The van der Waals surface area contributed by atoms with Crippen molar-refractivity contribution in [2.75, 3.05) is 65.4 Å². The Labute approximate surface area is 192 Å². The molecule has 1 fully saturated rings. The molecular weight excluding hydrogens is 424 g/mol. The molecule has 2 aromatic rings. The molecule has 0 aromatic heterocycles. The third-order valence-electron chi connectivity index (χ3n) is 6.65. The quantitative estimate of drug-likeness (QED) is 0.687. The normalized spacial score (nSPS) is 18.9. The largest absolute Gasteiger partial charge is 0.497 e. The van der Waals surface area contributed by atoms with E-state index in [4.69, 9.17) is 4.74 Å². The summed E-state index contributed by atoms with van der Waals surface area (Å²) in [4.78, 5) is 7.28. The number of sulfonamides is 1. The molecule has 2 heterocycles. The lowest BCUT2D eigenvalue weighted by molar-refractivity contribution is 0.113. The van der Waals surface area contributed by atoms with Crippen LogP contribution >= 0.6 is 0 Å². The Bertz CT molecular complexity index is 1020. The van der Waals surface area contributed by atoms with E-state index in [1.54, 1.807) is 31.4 Å². The number of hydrogen-bond donors (Lipinski definition) is 1. The highest BCUT2D eigenvalue weighted by atomic mass is 32.2. The molecule has 0 bridgehead atoms. The Morgan fingerprint density at radius 1 is 1.00 bits per heavy atom. The zero-order chi connectivity index (χ0) is 22.7. The van der Waals surface area contributed by atoms with Crippen molar-refractivity contribution in [3.8, 4) is 5.75 Å². The van der Waals surface area contributed by atoms with Crippen LogP contribution in [0.15, 0.2) is 47.4 Å². The third kappa shape index (κ3) is 5.09. The van der Waals surface area contributed by atoms with E-state index in [1.807, 2.05) is 0 Å². The van der Waals surface area contributed by atoms with Crippen LogP contribution in [0.1, 0.15) is 23.6 Å². The molecule has 0 unspecified atom stereocenters. The Morgan fingerprint density at radius 3 is 2.41 bits per heavy atom. The molecule has 2 aromatic carbocycles. The molecule has 4 rings (SSSR count). The van der Waals surface area contributed by atoms with E-state index < -0.39 is 10.0 Å². The van der Waals surface area contributed by atoms with E-state index in [2.05, 4.69) is 51.7 Å². The van der Waals surface area contributed by atoms with Crippen molar-refractivity contribution in [2.24, 2.45) is 0 Å². The van der Waals surface area contributed by atoms with Crippen LogP contribution in [-0.4, -0.2) is 78.7 Å². The predicted octanol–water partition coefficient (Wildman–Crippen LogP) is 2.34. The van der Waals surface area contributed by atoms with Gasteiger partial charge in [-0.1, -0.05) is 12.1 Å². The van der Waals surface area contributed by atoms with Crippen LogP contribution in [0.25, 0.3) is 0 Å². The Balaban J connectivity index is 1.57. The first-order chi connectivity index (χ1) is 15.4. The Kier molecular flexibility index (Phi) is 7.05. The number of methoxy groups -OCH3 is 1. The molecular formula is C24H34N4O3S. The number of benzene rings is 2. The van der Waals surface area contributed by atoms with Gasteiger partial charge in [0, 0.05) is 58.0 Å². The van der Waals surface area contributed by atoms with Gasteiger partial charge in [0.05, 0.1) is 12.0 Å². The lowest BCUT2D eigenvalue weighted by Gasteiger charge is -2.39. The van der Waals surface area contributed by atoms with Gasteiger partial charge in [-0.15, -0.1) is 0 Å². The van der Waals surface area contributed by atoms with Gasteiger partial charge in [-0.3, -0.25) is 4.90 Å². The summed E-state index contributed by atoms with van der Waals surface area (Å²) in [6, 6.07) is 13.2. The average Bonchev–Trinajstić information content (AvgIpc) is 2.80. The number of fused-ring (bicyclic) bond motifs is 1. The van der Waals surface area contributed by atoms with E-state index in [-0.39, 0.29) is 10.9 Å².